The van der Waals surface area contributed by atoms with Gasteiger partial charge in [0.05, 0.1) is 19.6 Å². The zero-order valence-electron chi connectivity index (χ0n) is 15.3. The Hall–Kier alpha value is -2.59. The SMILES string of the molecule is CNC(=S)N(C(N)=O)S(=O)(=O)c1cc(C(C)(C)c2ccoc2)ccc1OC. The topological polar surface area (TPSA) is 115 Å². The summed E-state index contributed by atoms with van der Waals surface area (Å²) in [6, 6.07) is 5.28. The van der Waals surface area contributed by atoms with E-state index in [0.717, 1.165) is 5.56 Å². The van der Waals surface area contributed by atoms with Crippen LogP contribution in [0.5, 0.6) is 5.75 Å². The monoisotopic (exact) mass is 411 g/mol. The van der Waals surface area contributed by atoms with Crippen molar-refractivity contribution < 1.29 is 22.4 Å². The summed E-state index contributed by atoms with van der Waals surface area (Å²) < 4.78 is 36.9. The van der Waals surface area contributed by atoms with Crippen molar-refractivity contribution in [1.29, 1.82) is 0 Å². The number of thiocarbonyl (C=S) groups is 1. The van der Waals surface area contributed by atoms with E-state index in [1.165, 1.54) is 26.3 Å². The van der Waals surface area contributed by atoms with Gasteiger partial charge in [0.2, 0.25) is 0 Å². The third-order valence-electron chi connectivity index (χ3n) is 4.24. The van der Waals surface area contributed by atoms with Gasteiger partial charge in [-0.1, -0.05) is 19.9 Å². The zero-order chi connectivity index (χ0) is 20.4. The van der Waals surface area contributed by atoms with Crippen molar-refractivity contribution in [3.8, 4) is 5.75 Å². The number of hydrogen-bond donors (Lipinski definition) is 2. The lowest BCUT2D eigenvalue weighted by atomic mass is 9.79. The van der Waals surface area contributed by atoms with Gasteiger partial charge in [-0.05, 0) is 36.0 Å². The van der Waals surface area contributed by atoms with Gasteiger partial charge in [-0.25, -0.2) is 13.2 Å². The van der Waals surface area contributed by atoms with E-state index >= 15 is 0 Å². The Morgan fingerprint density at radius 2 is 1.96 bits per heavy atom. The van der Waals surface area contributed by atoms with E-state index in [-0.39, 0.29) is 15.8 Å². The molecule has 0 fully saturated rings. The van der Waals surface area contributed by atoms with Crippen LogP contribution in [0.1, 0.15) is 25.0 Å². The van der Waals surface area contributed by atoms with Crippen molar-refractivity contribution in [2.45, 2.75) is 24.2 Å². The summed E-state index contributed by atoms with van der Waals surface area (Å²) in [5.41, 5.74) is 6.22. The first-order valence-electron chi connectivity index (χ1n) is 7.85. The average molecular weight is 412 g/mol. The third kappa shape index (κ3) is 3.76. The first-order valence-corrected chi connectivity index (χ1v) is 9.69. The van der Waals surface area contributed by atoms with Crippen LogP contribution in [0.2, 0.25) is 0 Å². The molecule has 1 heterocycles. The molecule has 0 unspecified atom stereocenters. The largest absolute Gasteiger partial charge is 0.495 e. The first-order chi connectivity index (χ1) is 12.6. The number of hydrogen-bond acceptors (Lipinski definition) is 6. The predicted molar refractivity (Wildman–Crippen MR) is 104 cm³/mol. The third-order valence-corrected chi connectivity index (χ3v) is 6.47. The number of methoxy groups -OCH3 is 1. The molecule has 8 nitrogen and oxygen atoms in total. The maximum atomic E-state index is 13.1. The maximum Gasteiger partial charge on any atom is 0.335 e. The van der Waals surface area contributed by atoms with Gasteiger partial charge < -0.3 is 20.2 Å². The lowest BCUT2D eigenvalue weighted by Crippen LogP contribution is -2.48. The van der Waals surface area contributed by atoms with Gasteiger partial charge in [-0.3, -0.25) is 0 Å². The molecule has 1 aromatic carbocycles. The molecule has 1 aromatic heterocycles. The Balaban J connectivity index is 2.68. The van der Waals surface area contributed by atoms with E-state index in [9.17, 15) is 13.2 Å². The molecule has 0 saturated carbocycles. The summed E-state index contributed by atoms with van der Waals surface area (Å²) >= 11 is 4.93. The van der Waals surface area contributed by atoms with Gasteiger partial charge >= 0.3 is 6.03 Å². The van der Waals surface area contributed by atoms with Gasteiger partial charge in [-0.15, -0.1) is 0 Å². The van der Waals surface area contributed by atoms with E-state index in [2.05, 4.69) is 5.32 Å². The fourth-order valence-corrected chi connectivity index (χ4v) is 4.39. The van der Waals surface area contributed by atoms with Crippen molar-refractivity contribution in [3.05, 3.63) is 47.9 Å². The number of urea groups is 1. The summed E-state index contributed by atoms with van der Waals surface area (Å²) in [5.74, 6) is 0.0619. The molecule has 2 aromatic rings. The minimum atomic E-state index is -4.40. The number of rotatable bonds is 5. The normalized spacial score (nSPS) is 11.7. The van der Waals surface area contributed by atoms with Gasteiger partial charge in [0, 0.05) is 18.0 Å². The molecule has 0 aliphatic rings. The van der Waals surface area contributed by atoms with Crippen LogP contribution in [0.4, 0.5) is 4.79 Å². The van der Waals surface area contributed by atoms with Gasteiger partial charge in [-0.2, -0.15) is 4.31 Å². The smallest absolute Gasteiger partial charge is 0.335 e. The highest BCUT2D eigenvalue weighted by Gasteiger charge is 2.35. The quantitative estimate of drug-likeness (QED) is 0.725. The van der Waals surface area contributed by atoms with Crippen LogP contribution >= 0.6 is 12.2 Å². The first kappa shape index (κ1) is 20.7. The number of carbonyl (C=O) groups excluding carboxylic acids is 1. The summed E-state index contributed by atoms with van der Waals surface area (Å²) in [7, 11) is -1.67. The van der Waals surface area contributed by atoms with E-state index < -0.39 is 21.5 Å². The number of benzene rings is 1. The van der Waals surface area contributed by atoms with E-state index in [4.69, 9.17) is 27.1 Å². The van der Waals surface area contributed by atoms with Gasteiger partial charge in [0.1, 0.15) is 10.6 Å². The van der Waals surface area contributed by atoms with Gasteiger partial charge in [0.15, 0.2) is 5.11 Å². The second kappa shape index (κ2) is 7.57. The van der Waals surface area contributed by atoms with Crippen LogP contribution in [0.15, 0.2) is 46.1 Å². The highest BCUT2D eigenvalue weighted by Crippen LogP contribution is 2.36. The van der Waals surface area contributed by atoms with Crippen LogP contribution in [-0.4, -0.2) is 38.0 Å². The number of nitrogens with one attached hydrogen (secondary N) is 1. The summed E-state index contributed by atoms with van der Waals surface area (Å²) in [6.07, 6.45) is 3.13. The molecular formula is C17H21N3O5S2. The number of furan rings is 1. The van der Waals surface area contributed by atoms with Crippen molar-refractivity contribution in [2.24, 2.45) is 5.73 Å². The fourth-order valence-electron chi connectivity index (χ4n) is 2.58. The minimum Gasteiger partial charge on any atom is -0.495 e. The predicted octanol–water partition coefficient (Wildman–Crippen LogP) is 2.19. The van der Waals surface area contributed by atoms with Gasteiger partial charge in [0.25, 0.3) is 10.0 Å². The number of nitrogens with two attached hydrogens (primary N) is 1. The molecule has 10 heteroatoms. The molecule has 0 aliphatic heterocycles. The summed E-state index contributed by atoms with van der Waals surface area (Å²) in [5, 5.41) is 2.11. The highest BCUT2D eigenvalue weighted by molar-refractivity contribution is 7.92. The number of carbonyl (C=O) groups is 1. The number of ether oxygens (including phenoxy) is 1. The molecule has 0 atom stereocenters. The van der Waals surface area contributed by atoms with Crippen LogP contribution < -0.4 is 15.8 Å². The molecule has 2 rings (SSSR count). The van der Waals surface area contributed by atoms with Crippen molar-refractivity contribution >= 4 is 33.4 Å². The number of sulfonamides is 1. The standard InChI is InChI=1S/C17H21N3O5S2/c1-17(2,12-7-8-25-10-12)11-5-6-13(24-4)14(9-11)27(22,23)20(15(18)21)16(26)19-3/h5-10H,1-4H3,(H2,18,21)(H,19,26). The molecular weight excluding hydrogens is 390 g/mol. The Morgan fingerprint density at radius 1 is 1.30 bits per heavy atom. The summed E-state index contributed by atoms with van der Waals surface area (Å²) in [4.78, 5) is 11.5. The molecule has 27 heavy (non-hydrogen) atoms. The molecule has 2 amide bonds. The maximum absolute atomic E-state index is 13.1. The molecule has 146 valence electrons. The number of amides is 2. The average Bonchev–Trinajstić information content (AvgIpc) is 3.15. The summed E-state index contributed by atoms with van der Waals surface area (Å²) in [6.45, 7) is 3.83. The lowest BCUT2D eigenvalue weighted by molar-refractivity contribution is 0.242. The Bertz CT molecular complexity index is 953. The Labute approximate surface area is 163 Å². The number of primary amides is 1. The Kier molecular flexibility index (Phi) is 5.81. The fraction of sp³-hybridized carbons (Fsp3) is 0.294. The molecule has 0 spiro atoms. The van der Waals surface area contributed by atoms with Crippen molar-refractivity contribution in [1.82, 2.24) is 9.62 Å². The molecule has 0 radical (unpaired) electrons. The van der Waals surface area contributed by atoms with Crippen LogP contribution in [0.25, 0.3) is 0 Å². The van der Waals surface area contributed by atoms with Crippen LogP contribution in [-0.2, 0) is 15.4 Å². The molecule has 0 saturated heterocycles. The Morgan fingerprint density at radius 3 is 2.44 bits per heavy atom. The van der Waals surface area contributed by atoms with Crippen LogP contribution in [0.3, 0.4) is 0 Å². The minimum absolute atomic E-state index is 0.0619. The molecule has 3 N–H and O–H groups in total. The van der Waals surface area contributed by atoms with E-state index in [1.807, 2.05) is 13.8 Å². The second-order valence-corrected chi connectivity index (χ2v) is 8.31. The zero-order valence-corrected chi connectivity index (χ0v) is 17.0. The van der Waals surface area contributed by atoms with Crippen molar-refractivity contribution in [2.75, 3.05) is 14.2 Å². The van der Waals surface area contributed by atoms with E-state index in [1.54, 1.807) is 24.7 Å². The van der Waals surface area contributed by atoms with Crippen molar-refractivity contribution in [3.63, 3.8) is 0 Å². The van der Waals surface area contributed by atoms with Crippen LogP contribution in [0, 0.1) is 0 Å². The van der Waals surface area contributed by atoms with E-state index in [0.29, 0.717) is 9.87 Å². The second-order valence-electron chi connectivity index (χ2n) is 6.17. The molecule has 0 bridgehead atoms. The molecule has 0 aliphatic carbocycles. The highest BCUT2D eigenvalue weighted by atomic mass is 32.2. The number of nitrogens with zero attached hydrogens (tertiary/aromatic N) is 1. The lowest BCUT2D eigenvalue weighted by Gasteiger charge is -2.26.